The highest BCUT2D eigenvalue weighted by molar-refractivity contribution is 6.60. The summed E-state index contributed by atoms with van der Waals surface area (Å²) < 4.78 is 17.4. The molecule has 0 aromatic heterocycles. The van der Waals surface area contributed by atoms with Crippen molar-refractivity contribution in [2.24, 2.45) is 0 Å². The van der Waals surface area contributed by atoms with Crippen molar-refractivity contribution >= 4 is 14.6 Å². The fourth-order valence-corrected chi connectivity index (χ4v) is 5.34. The van der Waals surface area contributed by atoms with E-state index in [1.807, 2.05) is 20.8 Å². The largest absolute Gasteiger partial charge is 0.512 e. The number of aliphatic hydroxyl groups is 1. The van der Waals surface area contributed by atoms with Gasteiger partial charge in [0.05, 0.1) is 5.76 Å². The Morgan fingerprint density at radius 2 is 1.50 bits per heavy atom. The van der Waals surface area contributed by atoms with Crippen LogP contribution in [0.4, 0.5) is 0 Å². The van der Waals surface area contributed by atoms with Crippen molar-refractivity contribution in [3.8, 4) is 5.75 Å². The Morgan fingerprint density at radius 1 is 1.00 bits per heavy atom. The number of benzene rings is 1. The molecule has 2 N–H and O–H groups in total. The van der Waals surface area contributed by atoms with E-state index in [1.54, 1.807) is 12.1 Å². The van der Waals surface area contributed by atoms with Crippen LogP contribution < -0.4 is 0 Å². The predicted octanol–water partition coefficient (Wildman–Crippen LogP) is 4.24. The minimum absolute atomic E-state index is 0.000397. The van der Waals surface area contributed by atoms with Gasteiger partial charge in [-0.05, 0) is 64.8 Å². The molecule has 1 rings (SSSR count). The molecule has 0 aliphatic rings. The summed E-state index contributed by atoms with van der Waals surface area (Å²) in [6, 6.07) is 6.56. The summed E-state index contributed by atoms with van der Waals surface area (Å²) in [7, 11) is -2.77. The first-order valence-electron chi connectivity index (χ1n) is 9.03. The number of rotatable bonds is 12. The summed E-state index contributed by atoms with van der Waals surface area (Å²) in [6.07, 6.45) is 0.993. The molecule has 0 amide bonds. The van der Waals surface area contributed by atoms with Crippen LogP contribution in [0, 0.1) is 0 Å². The smallest absolute Gasteiger partial charge is 0.500 e. The van der Waals surface area contributed by atoms with Crippen LogP contribution in [0.1, 0.15) is 50.9 Å². The Hall–Kier alpha value is -1.67. The van der Waals surface area contributed by atoms with Crippen LogP contribution in [0.2, 0.25) is 6.04 Å². The van der Waals surface area contributed by atoms with E-state index < -0.39 is 8.80 Å². The summed E-state index contributed by atoms with van der Waals surface area (Å²) in [5.74, 6) is -0.158. The first-order valence-corrected chi connectivity index (χ1v) is 11.0. The maximum absolute atomic E-state index is 12.6. The Kier molecular flexibility index (Phi) is 9.57. The van der Waals surface area contributed by atoms with Crippen LogP contribution in [0.15, 0.2) is 35.6 Å². The molecule has 0 saturated carbocycles. The van der Waals surface area contributed by atoms with Gasteiger partial charge in [-0.1, -0.05) is 0 Å². The van der Waals surface area contributed by atoms with Crippen molar-refractivity contribution in [2.45, 2.75) is 46.6 Å². The Balaban J connectivity index is 2.83. The molecule has 0 unspecified atom stereocenters. The standard InChI is InChI=1S/C19H30O6Si/c1-5-23-26(24-6-2,25-7-3)14-8-9-18(15(4)20)19(22)16-10-12-17(21)13-11-16/h10-13,20-21H,5-9,14H2,1-4H3/b18-15-. The lowest BCUT2D eigenvalue weighted by Crippen LogP contribution is -2.45. The first-order chi connectivity index (χ1) is 12.4. The molecule has 0 aliphatic heterocycles. The highest BCUT2D eigenvalue weighted by atomic mass is 28.4. The van der Waals surface area contributed by atoms with Gasteiger partial charge in [0.25, 0.3) is 0 Å². The summed E-state index contributed by atoms with van der Waals surface area (Å²) in [6.45, 7) is 8.71. The lowest BCUT2D eigenvalue weighted by atomic mass is 9.99. The van der Waals surface area contributed by atoms with Gasteiger partial charge in [-0.2, -0.15) is 0 Å². The third-order valence-corrected chi connectivity index (χ3v) is 6.99. The van der Waals surface area contributed by atoms with Crippen molar-refractivity contribution in [3.05, 3.63) is 41.2 Å². The third kappa shape index (κ3) is 6.57. The maximum Gasteiger partial charge on any atom is 0.500 e. The van der Waals surface area contributed by atoms with Crippen molar-refractivity contribution in [1.29, 1.82) is 0 Å². The molecular formula is C19H30O6Si. The molecule has 0 saturated heterocycles. The van der Waals surface area contributed by atoms with Gasteiger partial charge in [-0.25, -0.2) is 0 Å². The summed E-state index contributed by atoms with van der Waals surface area (Å²) in [4.78, 5) is 12.6. The van der Waals surface area contributed by atoms with E-state index in [2.05, 4.69) is 0 Å². The van der Waals surface area contributed by atoms with Crippen LogP contribution in [0.25, 0.3) is 0 Å². The van der Waals surface area contributed by atoms with Gasteiger partial charge >= 0.3 is 8.80 Å². The number of hydrogen-bond donors (Lipinski definition) is 2. The highest BCUT2D eigenvalue weighted by Gasteiger charge is 2.39. The molecule has 0 aliphatic carbocycles. The summed E-state index contributed by atoms with van der Waals surface area (Å²) >= 11 is 0. The van der Waals surface area contributed by atoms with Crippen LogP contribution >= 0.6 is 0 Å². The lowest BCUT2D eigenvalue weighted by Gasteiger charge is -2.28. The fourth-order valence-electron chi connectivity index (χ4n) is 2.73. The van der Waals surface area contributed by atoms with E-state index in [0.29, 0.717) is 49.8 Å². The molecule has 0 atom stereocenters. The van der Waals surface area contributed by atoms with E-state index in [4.69, 9.17) is 13.3 Å². The summed E-state index contributed by atoms with van der Waals surface area (Å²) in [5.41, 5.74) is 0.775. The zero-order chi connectivity index (χ0) is 19.6. The number of aromatic hydroxyl groups is 1. The zero-order valence-corrected chi connectivity index (χ0v) is 17.1. The lowest BCUT2D eigenvalue weighted by molar-refractivity contribution is 0.0706. The van der Waals surface area contributed by atoms with Gasteiger partial charge in [0.2, 0.25) is 0 Å². The monoisotopic (exact) mass is 382 g/mol. The Morgan fingerprint density at radius 3 is 1.92 bits per heavy atom. The molecule has 0 fully saturated rings. The van der Waals surface area contributed by atoms with Gasteiger partial charge in [-0.3, -0.25) is 4.79 Å². The van der Waals surface area contributed by atoms with Gasteiger partial charge < -0.3 is 23.5 Å². The van der Waals surface area contributed by atoms with E-state index in [1.165, 1.54) is 19.1 Å². The number of Topliss-reactive ketones (excluding diaryl/α,β-unsaturated/α-hetero) is 1. The SMILES string of the molecule is CCO[Si](CCC/C(C(=O)c1ccc(O)cc1)=C(\C)O)(OCC)OCC. The van der Waals surface area contributed by atoms with Crippen LogP contribution in [-0.4, -0.2) is 44.6 Å². The maximum atomic E-state index is 12.6. The van der Waals surface area contributed by atoms with Gasteiger partial charge in [-0.15, -0.1) is 0 Å². The van der Waals surface area contributed by atoms with Crippen molar-refractivity contribution in [3.63, 3.8) is 0 Å². The van der Waals surface area contributed by atoms with Crippen LogP contribution in [-0.2, 0) is 13.3 Å². The van der Waals surface area contributed by atoms with Crippen LogP contribution in [0.3, 0.4) is 0 Å². The van der Waals surface area contributed by atoms with E-state index in [9.17, 15) is 15.0 Å². The number of aliphatic hydroxyl groups excluding tert-OH is 1. The second kappa shape index (κ2) is 11.1. The van der Waals surface area contributed by atoms with E-state index in [-0.39, 0.29) is 17.3 Å². The third-order valence-electron chi connectivity index (χ3n) is 3.84. The predicted molar refractivity (Wildman–Crippen MR) is 102 cm³/mol. The van der Waals surface area contributed by atoms with Gasteiger partial charge in [0.15, 0.2) is 5.78 Å². The molecule has 0 spiro atoms. The first kappa shape index (κ1) is 22.4. The van der Waals surface area contributed by atoms with Gasteiger partial charge in [0.1, 0.15) is 5.75 Å². The minimum Gasteiger partial charge on any atom is -0.512 e. The molecule has 6 nitrogen and oxygen atoms in total. The molecule has 1 aromatic carbocycles. The number of ketones is 1. The number of phenols is 1. The molecule has 146 valence electrons. The second-order valence-electron chi connectivity index (χ2n) is 5.78. The summed E-state index contributed by atoms with van der Waals surface area (Å²) in [5, 5.41) is 19.3. The minimum atomic E-state index is -2.77. The normalized spacial score (nSPS) is 12.8. The highest BCUT2D eigenvalue weighted by Crippen LogP contribution is 2.24. The number of hydrogen-bond acceptors (Lipinski definition) is 6. The number of carbonyl (C=O) groups excluding carboxylic acids is 1. The van der Waals surface area contributed by atoms with Crippen LogP contribution in [0.5, 0.6) is 5.75 Å². The fraction of sp³-hybridized carbons (Fsp3) is 0.526. The van der Waals surface area contributed by atoms with Crippen molar-refractivity contribution in [1.82, 2.24) is 0 Å². The second-order valence-corrected chi connectivity index (χ2v) is 8.51. The molecule has 26 heavy (non-hydrogen) atoms. The van der Waals surface area contributed by atoms with Gasteiger partial charge in [0, 0.05) is 37.0 Å². The molecule has 0 heterocycles. The Bertz CT molecular complexity index is 576. The number of carbonyl (C=O) groups is 1. The van der Waals surface area contributed by atoms with Crippen molar-refractivity contribution < 1.29 is 28.3 Å². The Labute approximate surface area is 156 Å². The average molecular weight is 383 g/mol. The molecule has 0 bridgehead atoms. The van der Waals surface area contributed by atoms with Crippen molar-refractivity contribution in [2.75, 3.05) is 19.8 Å². The number of allylic oxidation sites excluding steroid dienone is 2. The molecule has 0 radical (unpaired) electrons. The molecule has 7 heteroatoms. The molecular weight excluding hydrogens is 352 g/mol. The molecule has 1 aromatic rings. The van der Waals surface area contributed by atoms with E-state index in [0.717, 1.165) is 0 Å². The number of phenolic OH excluding ortho intramolecular Hbond substituents is 1. The zero-order valence-electron chi connectivity index (χ0n) is 16.1. The quantitative estimate of drug-likeness (QED) is 0.243. The van der Waals surface area contributed by atoms with E-state index >= 15 is 0 Å². The topological polar surface area (TPSA) is 85.2 Å². The average Bonchev–Trinajstić information content (AvgIpc) is 2.59.